The van der Waals surface area contributed by atoms with Gasteiger partial charge in [0.25, 0.3) is 0 Å². The van der Waals surface area contributed by atoms with E-state index in [2.05, 4.69) is 0 Å². The summed E-state index contributed by atoms with van der Waals surface area (Å²) in [6.07, 6.45) is 4.51. The van der Waals surface area contributed by atoms with Crippen LogP contribution >= 0.6 is 11.6 Å². The SMILES string of the molecule is O=S(=O)(CCOCCCl)CC1CCCC1. The summed E-state index contributed by atoms with van der Waals surface area (Å²) in [6.45, 7) is 0.711. The highest BCUT2D eigenvalue weighted by Gasteiger charge is 2.22. The third-order valence-electron chi connectivity index (χ3n) is 2.72. The van der Waals surface area contributed by atoms with E-state index in [1.807, 2.05) is 0 Å². The quantitative estimate of drug-likeness (QED) is 0.514. The summed E-state index contributed by atoms with van der Waals surface area (Å²) in [4.78, 5) is 0. The van der Waals surface area contributed by atoms with E-state index in [4.69, 9.17) is 16.3 Å². The van der Waals surface area contributed by atoms with Gasteiger partial charge < -0.3 is 4.74 Å². The molecule has 1 saturated carbocycles. The monoisotopic (exact) mass is 254 g/mol. The first-order valence-corrected chi connectivity index (χ1v) is 7.84. The standard InChI is InChI=1S/C10H19ClO3S/c11-5-6-14-7-8-15(12,13)9-10-3-1-2-4-10/h10H,1-9H2. The van der Waals surface area contributed by atoms with Crippen molar-refractivity contribution in [2.24, 2.45) is 5.92 Å². The van der Waals surface area contributed by atoms with Crippen LogP contribution in [0.15, 0.2) is 0 Å². The summed E-state index contributed by atoms with van der Waals surface area (Å²) in [5, 5.41) is 0. The van der Waals surface area contributed by atoms with Gasteiger partial charge in [0, 0.05) is 5.88 Å². The Hall–Kier alpha value is 0.200. The lowest BCUT2D eigenvalue weighted by atomic mass is 10.1. The summed E-state index contributed by atoms with van der Waals surface area (Å²) < 4.78 is 28.3. The molecule has 0 aromatic heterocycles. The Morgan fingerprint density at radius 2 is 1.87 bits per heavy atom. The van der Waals surface area contributed by atoms with Crippen LogP contribution in [0.2, 0.25) is 0 Å². The van der Waals surface area contributed by atoms with Gasteiger partial charge in [-0.3, -0.25) is 0 Å². The summed E-state index contributed by atoms with van der Waals surface area (Å²) >= 11 is 5.41. The van der Waals surface area contributed by atoms with E-state index in [9.17, 15) is 8.42 Å². The lowest BCUT2D eigenvalue weighted by Crippen LogP contribution is -2.20. The van der Waals surface area contributed by atoms with E-state index in [-0.39, 0.29) is 12.4 Å². The number of alkyl halides is 1. The molecular weight excluding hydrogens is 236 g/mol. The van der Waals surface area contributed by atoms with Crippen molar-refractivity contribution in [3.05, 3.63) is 0 Å². The molecule has 0 amide bonds. The van der Waals surface area contributed by atoms with E-state index in [1.54, 1.807) is 0 Å². The Kier molecular flexibility index (Phi) is 5.94. The van der Waals surface area contributed by atoms with Crippen molar-refractivity contribution in [1.82, 2.24) is 0 Å². The molecule has 0 heterocycles. The van der Waals surface area contributed by atoms with E-state index in [1.165, 1.54) is 12.8 Å². The summed E-state index contributed by atoms with van der Waals surface area (Å²) in [6, 6.07) is 0. The molecule has 0 aliphatic heterocycles. The Bertz CT molecular complexity index is 258. The number of halogens is 1. The zero-order valence-corrected chi connectivity index (χ0v) is 10.5. The topological polar surface area (TPSA) is 43.4 Å². The largest absolute Gasteiger partial charge is 0.379 e. The fourth-order valence-corrected chi connectivity index (χ4v) is 3.66. The first-order valence-electron chi connectivity index (χ1n) is 5.48. The fourth-order valence-electron chi connectivity index (χ4n) is 1.96. The highest BCUT2D eigenvalue weighted by Crippen LogP contribution is 2.26. The molecule has 3 nitrogen and oxygen atoms in total. The minimum atomic E-state index is -2.91. The minimum Gasteiger partial charge on any atom is -0.379 e. The molecule has 5 heteroatoms. The lowest BCUT2D eigenvalue weighted by Gasteiger charge is -2.09. The lowest BCUT2D eigenvalue weighted by molar-refractivity contribution is 0.165. The number of ether oxygens (including phenoxy) is 1. The molecule has 0 aromatic rings. The van der Waals surface area contributed by atoms with E-state index in [0.717, 1.165) is 12.8 Å². The Balaban J connectivity index is 2.19. The van der Waals surface area contributed by atoms with Gasteiger partial charge in [-0.15, -0.1) is 11.6 Å². The molecular formula is C10H19ClO3S. The van der Waals surface area contributed by atoms with Crippen molar-refractivity contribution < 1.29 is 13.2 Å². The normalized spacial score (nSPS) is 18.5. The van der Waals surface area contributed by atoms with Crippen molar-refractivity contribution in [2.45, 2.75) is 25.7 Å². The van der Waals surface area contributed by atoms with Crippen LogP contribution < -0.4 is 0 Å². The zero-order valence-electron chi connectivity index (χ0n) is 8.95. The van der Waals surface area contributed by atoms with Crippen molar-refractivity contribution in [3.8, 4) is 0 Å². The van der Waals surface area contributed by atoms with Crippen LogP contribution in [0.25, 0.3) is 0 Å². The molecule has 1 rings (SSSR count). The van der Waals surface area contributed by atoms with Crippen LogP contribution in [0, 0.1) is 5.92 Å². The second-order valence-corrected chi connectivity index (χ2v) is 6.67. The van der Waals surface area contributed by atoms with E-state index < -0.39 is 9.84 Å². The molecule has 0 bridgehead atoms. The molecule has 0 aromatic carbocycles. The molecule has 1 aliphatic carbocycles. The zero-order chi connectivity index (χ0) is 11.1. The average Bonchev–Trinajstić information content (AvgIpc) is 2.64. The molecule has 15 heavy (non-hydrogen) atoms. The van der Waals surface area contributed by atoms with Gasteiger partial charge in [0.2, 0.25) is 0 Å². The number of sulfone groups is 1. The van der Waals surface area contributed by atoms with Gasteiger partial charge in [-0.1, -0.05) is 12.8 Å². The maximum Gasteiger partial charge on any atom is 0.152 e. The molecule has 0 atom stereocenters. The maximum atomic E-state index is 11.6. The molecule has 0 unspecified atom stereocenters. The van der Waals surface area contributed by atoms with E-state index in [0.29, 0.717) is 24.2 Å². The third-order valence-corrected chi connectivity index (χ3v) is 4.65. The molecule has 1 fully saturated rings. The van der Waals surface area contributed by atoms with Gasteiger partial charge in [0.05, 0.1) is 24.7 Å². The van der Waals surface area contributed by atoms with Gasteiger partial charge in [-0.05, 0) is 18.8 Å². The molecule has 1 aliphatic rings. The number of hydrogen-bond donors (Lipinski definition) is 0. The van der Waals surface area contributed by atoms with Gasteiger partial charge >= 0.3 is 0 Å². The second kappa shape index (κ2) is 6.71. The summed E-state index contributed by atoms with van der Waals surface area (Å²) in [5.74, 6) is 1.29. The Labute approximate surface area is 97.1 Å². The fraction of sp³-hybridized carbons (Fsp3) is 1.00. The van der Waals surface area contributed by atoms with Crippen LogP contribution in [0.3, 0.4) is 0 Å². The van der Waals surface area contributed by atoms with Crippen molar-refractivity contribution in [3.63, 3.8) is 0 Å². The first-order chi connectivity index (χ1) is 7.14. The van der Waals surface area contributed by atoms with E-state index >= 15 is 0 Å². The van der Waals surface area contributed by atoms with Gasteiger partial charge in [-0.25, -0.2) is 8.42 Å². The number of hydrogen-bond acceptors (Lipinski definition) is 3. The molecule has 90 valence electrons. The molecule has 0 N–H and O–H groups in total. The molecule has 0 saturated heterocycles. The maximum absolute atomic E-state index is 11.6. The van der Waals surface area contributed by atoms with Crippen molar-refractivity contribution in [1.29, 1.82) is 0 Å². The predicted octanol–water partition coefficient (Wildman–Crippen LogP) is 1.85. The van der Waals surface area contributed by atoms with Crippen LogP contribution in [-0.4, -0.2) is 39.0 Å². The van der Waals surface area contributed by atoms with Crippen molar-refractivity contribution >= 4 is 21.4 Å². The molecule has 0 spiro atoms. The Morgan fingerprint density at radius 3 is 2.47 bits per heavy atom. The van der Waals surface area contributed by atoms with Crippen LogP contribution in [0.1, 0.15) is 25.7 Å². The van der Waals surface area contributed by atoms with Crippen LogP contribution in [0.4, 0.5) is 0 Å². The third kappa shape index (κ3) is 5.73. The van der Waals surface area contributed by atoms with Crippen LogP contribution in [-0.2, 0) is 14.6 Å². The number of rotatable bonds is 7. The first kappa shape index (κ1) is 13.3. The van der Waals surface area contributed by atoms with Gasteiger partial charge in [0.15, 0.2) is 9.84 Å². The van der Waals surface area contributed by atoms with Gasteiger partial charge in [0.1, 0.15) is 0 Å². The average molecular weight is 255 g/mol. The summed E-state index contributed by atoms with van der Waals surface area (Å²) in [5.41, 5.74) is 0. The minimum absolute atomic E-state index is 0.139. The van der Waals surface area contributed by atoms with Crippen LogP contribution in [0.5, 0.6) is 0 Å². The summed E-state index contributed by atoms with van der Waals surface area (Å²) in [7, 11) is -2.91. The van der Waals surface area contributed by atoms with Crippen molar-refractivity contribution in [2.75, 3.05) is 30.6 Å². The Morgan fingerprint density at radius 1 is 1.20 bits per heavy atom. The van der Waals surface area contributed by atoms with Gasteiger partial charge in [-0.2, -0.15) is 0 Å². The predicted molar refractivity (Wildman–Crippen MR) is 62.2 cm³/mol. The second-order valence-electron chi connectivity index (χ2n) is 4.07. The highest BCUT2D eigenvalue weighted by atomic mass is 35.5. The smallest absolute Gasteiger partial charge is 0.152 e. The highest BCUT2D eigenvalue weighted by molar-refractivity contribution is 7.91. The molecule has 0 radical (unpaired) electrons.